The molecule has 1 unspecified atom stereocenters. The van der Waals surface area contributed by atoms with Crippen LogP contribution in [0.5, 0.6) is 0 Å². The third kappa shape index (κ3) is 3.02. The minimum atomic E-state index is -0.00603. The Kier molecular flexibility index (Phi) is 4.15. The van der Waals surface area contributed by atoms with Crippen LogP contribution < -0.4 is 0 Å². The van der Waals surface area contributed by atoms with Gasteiger partial charge in [-0.25, -0.2) is 0 Å². The SMILES string of the molecule is O=C(c1[nH]nc2c1CCc1ccccc1-2)N1CCC(c2noc(-c3ccncc3)n2)C1. The highest BCUT2D eigenvalue weighted by Gasteiger charge is 2.34. The average Bonchev–Trinajstić information content (AvgIpc) is 3.58. The summed E-state index contributed by atoms with van der Waals surface area (Å²) in [6.45, 7) is 1.23. The molecule has 31 heavy (non-hydrogen) atoms. The third-order valence-corrected chi connectivity index (χ3v) is 6.21. The fourth-order valence-electron chi connectivity index (χ4n) is 4.56. The van der Waals surface area contributed by atoms with Crippen molar-refractivity contribution in [1.29, 1.82) is 0 Å². The highest BCUT2D eigenvalue weighted by atomic mass is 16.5. The van der Waals surface area contributed by atoms with Crippen LogP contribution in [0.3, 0.4) is 0 Å². The second-order valence-corrected chi connectivity index (χ2v) is 8.01. The number of aromatic amines is 1. The van der Waals surface area contributed by atoms with Crippen molar-refractivity contribution >= 4 is 5.91 Å². The highest BCUT2D eigenvalue weighted by Crippen LogP contribution is 2.35. The molecule has 1 atom stereocenters. The van der Waals surface area contributed by atoms with Crippen LogP contribution in [0, 0.1) is 0 Å². The van der Waals surface area contributed by atoms with Gasteiger partial charge in [-0.3, -0.25) is 14.9 Å². The highest BCUT2D eigenvalue weighted by molar-refractivity contribution is 5.96. The molecule has 0 saturated carbocycles. The molecule has 1 aromatic carbocycles. The number of fused-ring (bicyclic) bond motifs is 3. The largest absolute Gasteiger partial charge is 0.337 e. The molecule has 1 fully saturated rings. The van der Waals surface area contributed by atoms with E-state index >= 15 is 0 Å². The van der Waals surface area contributed by atoms with Crippen molar-refractivity contribution in [3.63, 3.8) is 0 Å². The molecule has 4 aromatic rings. The molecule has 0 bridgehead atoms. The lowest BCUT2D eigenvalue weighted by atomic mass is 9.89. The van der Waals surface area contributed by atoms with Crippen molar-refractivity contribution in [2.75, 3.05) is 13.1 Å². The summed E-state index contributed by atoms with van der Waals surface area (Å²) >= 11 is 0. The van der Waals surface area contributed by atoms with Gasteiger partial charge in [-0.1, -0.05) is 29.4 Å². The molecule has 2 aliphatic rings. The number of benzene rings is 1. The van der Waals surface area contributed by atoms with E-state index in [1.165, 1.54) is 5.56 Å². The molecule has 3 aromatic heterocycles. The number of likely N-dealkylation sites (tertiary alicyclic amines) is 1. The van der Waals surface area contributed by atoms with E-state index in [1.807, 2.05) is 29.2 Å². The maximum atomic E-state index is 13.3. The summed E-state index contributed by atoms with van der Waals surface area (Å²) < 4.78 is 5.43. The van der Waals surface area contributed by atoms with Gasteiger partial charge in [0.1, 0.15) is 5.69 Å². The van der Waals surface area contributed by atoms with Gasteiger partial charge in [0.25, 0.3) is 11.8 Å². The van der Waals surface area contributed by atoms with Crippen molar-refractivity contribution in [2.45, 2.75) is 25.2 Å². The summed E-state index contributed by atoms with van der Waals surface area (Å²) in [6, 6.07) is 11.9. The van der Waals surface area contributed by atoms with Gasteiger partial charge >= 0.3 is 0 Å². The van der Waals surface area contributed by atoms with E-state index in [1.54, 1.807) is 12.4 Å². The van der Waals surface area contributed by atoms with Crippen LogP contribution >= 0.6 is 0 Å². The van der Waals surface area contributed by atoms with Crippen molar-refractivity contribution in [1.82, 2.24) is 30.2 Å². The third-order valence-electron chi connectivity index (χ3n) is 6.21. The van der Waals surface area contributed by atoms with Gasteiger partial charge in [0.05, 0.1) is 5.69 Å². The summed E-state index contributed by atoms with van der Waals surface area (Å²) in [5.41, 5.74) is 5.77. The van der Waals surface area contributed by atoms with Crippen LogP contribution in [0.4, 0.5) is 0 Å². The zero-order chi connectivity index (χ0) is 20.8. The standard InChI is InChI=1S/C23H20N6O2/c30-23(20-18-6-5-14-3-1-2-4-17(14)19(18)26-27-20)29-12-9-16(13-29)21-25-22(31-28-21)15-7-10-24-11-8-15/h1-4,7-8,10-11,16H,5-6,9,12-13H2,(H,26,27). The lowest BCUT2D eigenvalue weighted by molar-refractivity contribution is 0.0783. The number of carbonyl (C=O) groups is 1. The van der Waals surface area contributed by atoms with E-state index in [9.17, 15) is 4.79 Å². The Morgan fingerprint density at radius 2 is 2.00 bits per heavy atom. The number of aromatic nitrogens is 5. The van der Waals surface area contributed by atoms with Crippen LogP contribution in [0.2, 0.25) is 0 Å². The Balaban J connectivity index is 1.21. The van der Waals surface area contributed by atoms with Crippen molar-refractivity contribution in [3.05, 3.63) is 71.4 Å². The van der Waals surface area contributed by atoms with Gasteiger partial charge in [0.2, 0.25) is 0 Å². The van der Waals surface area contributed by atoms with Gasteiger partial charge in [-0.2, -0.15) is 10.1 Å². The summed E-state index contributed by atoms with van der Waals surface area (Å²) in [6.07, 6.45) is 5.94. The number of amides is 1. The molecule has 1 amide bonds. The number of hydrogen-bond donors (Lipinski definition) is 1. The molecule has 1 aliphatic heterocycles. The van der Waals surface area contributed by atoms with Crippen molar-refractivity contribution in [2.24, 2.45) is 0 Å². The molecular formula is C23H20N6O2. The fraction of sp³-hybridized carbons (Fsp3) is 0.261. The number of H-pyrrole nitrogens is 1. The van der Waals surface area contributed by atoms with Crippen LogP contribution in [0.1, 0.15) is 39.8 Å². The minimum Gasteiger partial charge on any atom is -0.337 e. The average molecular weight is 412 g/mol. The zero-order valence-electron chi connectivity index (χ0n) is 16.8. The first-order chi connectivity index (χ1) is 15.3. The summed E-state index contributed by atoms with van der Waals surface area (Å²) in [5.74, 6) is 1.17. The molecule has 1 N–H and O–H groups in total. The Labute approximate surface area is 178 Å². The molecule has 4 heterocycles. The van der Waals surface area contributed by atoms with E-state index in [-0.39, 0.29) is 11.8 Å². The molecule has 1 saturated heterocycles. The van der Waals surface area contributed by atoms with E-state index in [2.05, 4.69) is 37.5 Å². The summed E-state index contributed by atoms with van der Waals surface area (Å²) in [5, 5.41) is 11.7. The quantitative estimate of drug-likeness (QED) is 0.554. The lowest BCUT2D eigenvalue weighted by Crippen LogP contribution is -2.30. The van der Waals surface area contributed by atoms with Gasteiger partial charge in [0, 0.05) is 48.1 Å². The second-order valence-electron chi connectivity index (χ2n) is 8.01. The first-order valence-corrected chi connectivity index (χ1v) is 10.5. The predicted octanol–water partition coefficient (Wildman–Crippen LogP) is 3.25. The summed E-state index contributed by atoms with van der Waals surface area (Å²) in [4.78, 5) is 23.7. The number of hydrogen-bond acceptors (Lipinski definition) is 6. The number of nitrogens with zero attached hydrogens (tertiary/aromatic N) is 5. The normalized spacial score (nSPS) is 17.4. The molecule has 6 rings (SSSR count). The van der Waals surface area contributed by atoms with Crippen LogP contribution in [-0.2, 0) is 12.8 Å². The Hall–Kier alpha value is -3.81. The lowest BCUT2D eigenvalue weighted by Gasteiger charge is -2.18. The second kappa shape index (κ2) is 7.16. The number of rotatable bonds is 3. The number of pyridine rings is 1. The summed E-state index contributed by atoms with van der Waals surface area (Å²) in [7, 11) is 0. The molecule has 0 spiro atoms. The maximum Gasteiger partial charge on any atom is 0.272 e. The van der Waals surface area contributed by atoms with E-state index in [4.69, 9.17) is 4.52 Å². The van der Waals surface area contributed by atoms with Crippen molar-refractivity contribution < 1.29 is 9.32 Å². The van der Waals surface area contributed by atoms with E-state index in [0.717, 1.165) is 41.6 Å². The molecule has 0 radical (unpaired) electrons. The zero-order valence-corrected chi connectivity index (χ0v) is 16.8. The number of carbonyl (C=O) groups excluding carboxylic acids is 1. The molecule has 1 aliphatic carbocycles. The fourth-order valence-corrected chi connectivity index (χ4v) is 4.56. The van der Waals surface area contributed by atoms with Crippen LogP contribution in [0.25, 0.3) is 22.7 Å². The van der Waals surface area contributed by atoms with Crippen LogP contribution in [0.15, 0.2) is 53.3 Å². The molecule has 154 valence electrons. The molecule has 8 heteroatoms. The topological polar surface area (TPSA) is 101 Å². The minimum absolute atomic E-state index is 0.00603. The Morgan fingerprint density at radius 3 is 2.90 bits per heavy atom. The first-order valence-electron chi connectivity index (χ1n) is 10.5. The monoisotopic (exact) mass is 412 g/mol. The Morgan fingerprint density at radius 1 is 1.13 bits per heavy atom. The smallest absolute Gasteiger partial charge is 0.272 e. The molecule has 8 nitrogen and oxygen atoms in total. The first kappa shape index (κ1) is 18.0. The number of nitrogens with one attached hydrogen (secondary N) is 1. The number of aryl methyl sites for hydroxylation is 1. The van der Waals surface area contributed by atoms with Crippen molar-refractivity contribution in [3.8, 4) is 22.7 Å². The predicted molar refractivity (Wildman–Crippen MR) is 112 cm³/mol. The van der Waals surface area contributed by atoms with E-state index < -0.39 is 0 Å². The maximum absolute atomic E-state index is 13.3. The molecular weight excluding hydrogens is 392 g/mol. The van der Waals surface area contributed by atoms with Gasteiger partial charge < -0.3 is 9.42 Å². The Bertz CT molecular complexity index is 1260. The van der Waals surface area contributed by atoms with E-state index in [0.29, 0.717) is 30.5 Å². The van der Waals surface area contributed by atoms with Crippen LogP contribution in [-0.4, -0.2) is 49.2 Å². The van der Waals surface area contributed by atoms with Gasteiger partial charge in [-0.15, -0.1) is 0 Å². The van der Waals surface area contributed by atoms with Gasteiger partial charge in [0.15, 0.2) is 5.82 Å². The van der Waals surface area contributed by atoms with Gasteiger partial charge in [-0.05, 0) is 37.0 Å².